The predicted molar refractivity (Wildman–Crippen MR) is 45.6 cm³/mol. The second-order valence-corrected chi connectivity index (χ2v) is 3.31. The third kappa shape index (κ3) is 2.42. The van der Waals surface area contributed by atoms with Crippen LogP contribution >= 0.6 is 0 Å². The van der Waals surface area contributed by atoms with Gasteiger partial charge in [-0.1, -0.05) is 0 Å². The Hall–Kier alpha value is -0.690. The van der Waals surface area contributed by atoms with E-state index in [1.54, 1.807) is 0 Å². The molecule has 1 aliphatic heterocycles. The lowest BCUT2D eigenvalue weighted by atomic mass is 9.90. The van der Waals surface area contributed by atoms with E-state index in [0.29, 0.717) is 0 Å². The van der Waals surface area contributed by atoms with Gasteiger partial charge in [0.25, 0.3) is 0 Å². The van der Waals surface area contributed by atoms with Crippen molar-refractivity contribution < 1.29 is 24.9 Å². The number of rotatable bonds is 3. The summed E-state index contributed by atoms with van der Waals surface area (Å²) in [7, 11) is 0. The molecule has 1 saturated heterocycles. The lowest BCUT2D eigenvalue weighted by molar-refractivity contribution is -0.153. The zero-order chi connectivity index (χ0) is 10.7. The summed E-state index contributed by atoms with van der Waals surface area (Å²) in [4.78, 5) is 10.6. The van der Waals surface area contributed by atoms with Crippen LogP contribution in [0, 0.1) is 12.5 Å². The van der Waals surface area contributed by atoms with Crippen molar-refractivity contribution in [2.45, 2.75) is 24.7 Å². The Bertz CT molecular complexity index is 210. The van der Waals surface area contributed by atoms with Gasteiger partial charge in [-0.15, -0.1) is 0 Å². The average Bonchev–Trinajstić information content (AvgIpc) is 2.13. The summed E-state index contributed by atoms with van der Waals surface area (Å²) in [5.74, 6) is -1.20. The van der Waals surface area contributed by atoms with Crippen LogP contribution in [0.25, 0.3) is 0 Å². The SMILES string of the molecule is NC(=O)C[C@@H]1[CH]O[C@H](CO)[C@H](O)[C@@H]1O. The molecule has 0 aromatic heterocycles. The van der Waals surface area contributed by atoms with Crippen LogP contribution in [-0.2, 0) is 9.53 Å². The number of aliphatic hydroxyl groups excluding tert-OH is 3. The number of ether oxygens (including phenoxy) is 1. The van der Waals surface area contributed by atoms with E-state index in [2.05, 4.69) is 0 Å². The maximum Gasteiger partial charge on any atom is 0.217 e. The molecule has 1 aliphatic rings. The third-order valence-corrected chi connectivity index (χ3v) is 2.21. The molecule has 0 spiro atoms. The quantitative estimate of drug-likeness (QED) is 0.415. The summed E-state index contributed by atoms with van der Waals surface area (Å²) in [5, 5.41) is 27.7. The highest BCUT2D eigenvalue weighted by atomic mass is 16.5. The van der Waals surface area contributed by atoms with Crippen LogP contribution in [-0.4, -0.2) is 46.1 Å². The highest BCUT2D eigenvalue weighted by Gasteiger charge is 2.38. The van der Waals surface area contributed by atoms with Crippen LogP contribution in [0.5, 0.6) is 0 Å². The molecule has 6 heteroatoms. The van der Waals surface area contributed by atoms with Crippen molar-refractivity contribution in [1.29, 1.82) is 0 Å². The normalized spacial score (nSPS) is 38.2. The number of hydrogen-bond acceptors (Lipinski definition) is 5. The average molecular weight is 204 g/mol. The standard InChI is InChI=1S/C8H14NO5/c9-6(11)1-4-3-14-5(2-10)8(13)7(4)12/h3-5,7-8,10,12-13H,1-2H2,(H2,9,11)/t4-,5-,7-,8+/m1/s1. The van der Waals surface area contributed by atoms with Crippen molar-refractivity contribution in [3.05, 3.63) is 6.61 Å². The highest BCUT2D eigenvalue weighted by molar-refractivity contribution is 5.74. The van der Waals surface area contributed by atoms with Gasteiger partial charge in [0.1, 0.15) is 12.2 Å². The van der Waals surface area contributed by atoms with Crippen LogP contribution in [0.15, 0.2) is 0 Å². The van der Waals surface area contributed by atoms with E-state index in [0.717, 1.165) is 0 Å². The largest absolute Gasteiger partial charge is 0.394 e. The first-order valence-electron chi connectivity index (χ1n) is 4.30. The Morgan fingerprint density at radius 2 is 2.07 bits per heavy atom. The Balaban J connectivity index is 2.54. The van der Waals surface area contributed by atoms with Gasteiger partial charge in [-0.2, -0.15) is 0 Å². The summed E-state index contributed by atoms with van der Waals surface area (Å²) >= 11 is 0. The fourth-order valence-corrected chi connectivity index (χ4v) is 1.39. The Morgan fingerprint density at radius 1 is 1.43 bits per heavy atom. The number of aliphatic hydroxyl groups is 3. The molecule has 81 valence electrons. The first-order chi connectivity index (χ1) is 6.56. The molecule has 1 fully saturated rings. The maximum atomic E-state index is 10.6. The molecule has 6 nitrogen and oxygen atoms in total. The van der Waals surface area contributed by atoms with Crippen molar-refractivity contribution in [1.82, 2.24) is 0 Å². The summed E-state index contributed by atoms with van der Waals surface area (Å²) in [6, 6.07) is 0. The minimum Gasteiger partial charge on any atom is -0.394 e. The summed E-state index contributed by atoms with van der Waals surface area (Å²) in [6.07, 6.45) is -3.26. The predicted octanol–water partition coefficient (Wildman–Crippen LogP) is -2.25. The van der Waals surface area contributed by atoms with Crippen LogP contribution < -0.4 is 5.73 Å². The number of carbonyl (C=O) groups is 1. The van der Waals surface area contributed by atoms with Crippen LogP contribution in [0.3, 0.4) is 0 Å². The van der Waals surface area contributed by atoms with Crippen molar-refractivity contribution in [3.63, 3.8) is 0 Å². The molecular formula is C8H14NO5. The number of nitrogens with two attached hydrogens (primary N) is 1. The summed E-state index contributed by atoms with van der Waals surface area (Å²) < 4.78 is 4.93. The van der Waals surface area contributed by atoms with Gasteiger partial charge in [-0.05, 0) is 0 Å². The smallest absolute Gasteiger partial charge is 0.217 e. The van der Waals surface area contributed by atoms with Gasteiger partial charge in [0.05, 0.1) is 19.3 Å². The van der Waals surface area contributed by atoms with Gasteiger partial charge in [0.15, 0.2) is 0 Å². The van der Waals surface area contributed by atoms with Crippen molar-refractivity contribution >= 4 is 5.91 Å². The van der Waals surface area contributed by atoms with Crippen molar-refractivity contribution in [2.24, 2.45) is 11.7 Å². The van der Waals surface area contributed by atoms with E-state index < -0.39 is 36.7 Å². The molecule has 1 heterocycles. The molecule has 14 heavy (non-hydrogen) atoms. The van der Waals surface area contributed by atoms with Crippen LogP contribution in [0.2, 0.25) is 0 Å². The molecule has 5 N–H and O–H groups in total. The molecule has 0 unspecified atom stereocenters. The van der Waals surface area contributed by atoms with E-state index in [1.807, 2.05) is 0 Å². The van der Waals surface area contributed by atoms with Gasteiger partial charge >= 0.3 is 0 Å². The highest BCUT2D eigenvalue weighted by Crippen LogP contribution is 2.25. The molecule has 0 aromatic rings. The minimum absolute atomic E-state index is 0.0869. The number of hydrogen-bond donors (Lipinski definition) is 4. The van der Waals surface area contributed by atoms with E-state index in [1.165, 1.54) is 6.61 Å². The molecule has 0 aromatic carbocycles. The van der Waals surface area contributed by atoms with Gasteiger partial charge in [-0.25, -0.2) is 0 Å². The Labute approximate surface area is 81.3 Å². The summed E-state index contributed by atoms with van der Waals surface area (Å²) in [5.41, 5.74) is 4.94. The van der Waals surface area contributed by atoms with E-state index >= 15 is 0 Å². The van der Waals surface area contributed by atoms with Crippen LogP contribution in [0.1, 0.15) is 6.42 Å². The van der Waals surface area contributed by atoms with Gasteiger partial charge in [0, 0.05) is 12.3 Å². The molecule has 4 atom stereocenters. The molecule has 1 radical (unpaired) electrons. The van der Waals surface area contributed by atoms with Gasteiger partial charge in [-0.3, -0.25) is 4.79 Å². The lowest BCUT2D eigenvalue weighted by Crippen LogP contribution is -2.50. The maximum absolute atomic E-state index is 10.6. The van der Waals surface area contributed by atoms with E-state index in [4.69, 9.17) is 15.6 Å². The van der Waals surface area contributed by atoms with Crippen molar-refractivity contribution in [2.75, 3.05) is 6.61 Å². The number of primary amides is 1. The summed E-state index contributed by atoms with van der Waals surface area (Å²) in [6.45, 7) is 0.848. The fraction of sp³-hybridized carbons (Fsp3) is 0.750. The van der Waals surface area contributed by atoms with Gasteiger partial charge in [0.2, 0.25) is 5.91 Å². The van der Waals surface area contributed by atoms with Gasteiger partial charge < -0.3 is 25.8 Å². The Kier molecular flexibility index (Phi) is 3.82. The molecule has 1 rings (SSSR count). The molecule has 0 aliphatic carbocycles. The fourth-order valence-electron chi connectivity index (χ4n) is 1.39. The lowest BCUT2D eigenvalue weighted by Gasteiger charge is -2.35. The molecular weight excluding hydrogens is 190 g/mol. The van der Waals surface area contributed by atoms with Crippen molar-refractivity contribution in [3.8, 4) is 0 Å². The second kappa shape index (κ2) is 4.70. The third-order valence-electron chi connectivity index (χ3n) is 2.21. The zero-order valence-corrected chi connectivity index (χ0v) is 7.54. The molecule has 0 bridgehead atoms. The Morgan fingerprint density at radius 3 is 2.57 bits per heavy atom. The van der Waals surface area contributed by atoms with E-state index in [9.17, 15) is 15.0 Å². The number of carbonyl (C=O) groups excluding carboxylic acids is 1. The minimum atomic E-state index is -1.20. The first-order valence-corrected chi connectivity index (χ1v) is 4.30. The molecule has 1 amide bonds. The van der Waals surface area contributed by atoms with E-state index in [-0.39, 0.29) is 6.42 Å². The number of amides is 1. The first kappa shape index (κ1) is 11.4. The zero-order valence-electron chi connectivity index (χ0n) is 7.54. The molecule has 0 saturated carbocycles. The second-order valence-electron chi connectivity index (χ2n) is 3.31. The topological polar surface area (TPSA) is 113 Å². The van der Waals surface area contributed by atoms with Crippen LogP contribution in [0.4, 0.5) is 0 Å². The monoisotopic (exact) mass is 204 g/mol.